The van der Waals surface area contributed by atoms with Gasteiger partial charge in [-0.1, -0.05) is 28.9 Å². The van der Waals surface area contributed by atoms with Crippen LogP contribution >= 0.6 is 15.9 Å². The van der Waals surface area contributed by atoms with Crippen molar-refractivity contribution < 1.29 is 4.74 Å². The SMILES string of the molecule is CCNC(c1cc(C)c(Br)cc1C)C1CCC(C)O1. The number of aryl methyl sites for hydroxylation is 2. The molecule has 3 unspecified atom stereocenters. The molecule has 0 bridgehead atoms. The zero-order chi connectivity index (χ0) is 14.0. The fourth-order valence-corrected chi connectivity index (χ4v) is 3.34. The zero-order valence-corrected chi connectivity index (χ0v) is 13.9. The first-order chi connectivity index (χ1) is 9.02. The van der Waals surface area contributed by atoms with E-state index in [0.29, 0.717) is 18.2 Å². The first-order valence-corrected chi connectivity index (χ1v) is 7.97. The third-order valence-corrected chi connectivity index (χ3v) is 4.80. The molecule has 1 aliphatic rings. The van der Waals surface area contributed by atoms with Crippen LogP contribution in [0.1, 0.15) is 49.4 Å². The monoisotopic (exact) mass is 325 g/mol. The van der Waals surface area contributed by atoms with Crippen molar-refractivity contribution >= 4 is 15.9 Å². The molecule has 2 rings (SSSR count). The van der Waals surface area contributed by atoms with E-state index in [-0.39, 0.29) is 0 Å². The highest BCUT2D eigenvalue weighted by molar-refractivity contribution is 9.10. The molecule has 0 amide bonds. The Labute approximate surface area is 125 Å². The summed E-state index contributed by atoms with van der Waals surface area (Å²) < 4.78 is 7.27. The van der Waals surface area contributed by atoms with Gasteiger partial charge in [-0.3, -0.25) is 0 Å². The van der Waals surface area contributed by atoms with Gasteiger partial charge in [-0.2, -0.15) is 0 Å². The van der Waals surface area contributed by atoms with Gasteiger partial charge in [0.15, 0.2) is 0 Å². The van der Waals surface area contributed by atoms with Gasteiger partial charge in [-0.15, -0.1) is 0 Å². The lowest BCUT2D eigenvalue weighted by molar-refractivity contribution is 0.0318. The summed E-state index contributed by atoms with van der Waals surface area (Å²) in [5.74, 6) is 0. The number of rotatable bonds is 4. The Morgan fingerprint density at radius 3 is 2.63 bits per heavy atom. The quantitative estimate of drug-likeness (QED) is 0.891. The van der Waals surface area contributed by atoms with Crippen LogP contribution in [0.4, 0.5) is 0 Å². The van der Waals surface area contributed by atoms with Gasteiger partial charge in [-0.25, -0.2) is 0 Å². The Bertz CT molecular complexity index is 447. The number of hydrogen-bond donors (Lipinski definition) is 1. The number of likely N-dealkylation sites (N-methyl/N-ethyl adjacent to an activating group) is 1. The van der Waals surface area contributed by atoms with Crippen molar-refractivity contribution in [3.8, 4) is 0 Å². The average Bonchev–Trinajstić information content (AvgIpc) is 2.78. The summed E-state index contributed by atoms with van der Waals surface area (Å²) in [6, 6.07) is 4.81. The molecule has 1 aromatic rings. The van der Waals surface area contributed by atoms with Gasteiger partial charge in [0.05, 0.1) is 18.2 Å². The molecule has 3 atom stereocenters. The molecule has 106 valence electrons. The van der Waals surface area contributed by atoms with Crippen LogP contribution in [-0.2, 0) is 4.74 Å². The molecule has 0 aromatic heterocycles. The second kappa shape index (κ2) is 6.38. The van der Waals surface area contributed by atoms with E-state index in [1.807, 2.05) is 0 Å². The minimum atomic E-state index is 0.300. The van der Waals surface area contributed by atoms with E-state index >= 15 is 0 Å². The van der Waals surface area contributed by atoms with Crippen molar-refractivity contribution in [3.05, 3.63) is 33.3 Å². The van der Waals surface area contributed by atoms with Crippen molar-refractivity contribution in [2.24, 2.45) is 0 Å². The molecular formula is C16H24BrNO. The van der Waals surface area contributed by atoms with Gasteiger partial charge < -0.3 is 10.1 Å². The molecule has 1 fully saturated rings. The van der Waals surface area contributed by atoms with Gasteiger partial charge in [0, 0.05) is 4.47 Å². The third kappa shape index (κ3) is 3.39. The summed E-state index contributed by atoms with van der Waals surface area (Å²) in [4.78, 5) is 0. The molecule has 3 heteroatoms. The standard InChI is InChI=1S/C16H24BrNO/c1-5-18-16(15-7-6-12(4)19-15)13-8-11(3)14(17)9-10(13)2/h8-9,12,15-16,18H,5-7H2,1-4H3. The van der Waals surface area contributed by atoms with Crippen molar-refractivity contribution in [1.82, 2.24) is 5.32 Å². The average molecular weight is 326 g/mol. The molecule has 0 spiro atoms. The third-order valence-electron chi connectivity index (χ3n) is 3.94. The van der Waals surface area contributed by atoms with Crippen molar-refractivity contribution in [2.75, 3.05) is 6.54 Å². The number of benzene rings is 1. The van der Waals surface area contributed by atoms with E-state index in [1.165, 1.54) is 27.6 Å². The van der Waals surface area contributed by atoms with E-state index < -0.39 is 0 Å². The second-order valence-electron chi connectivity index (χ2n) is 5.56. The van der Waals surface area contributed by atoms with E-state index in [1.54, 1.807) is 0 Å². The number of hydrogen-bond acceptors (Lipinski definition) is 2. The van der Waals surface area contributed by atoms with Crippen LogP contribution in [0.2, 0.25) is 0 Å². The molecule has 1 N–H and O–H groups in total. The Morgan fingerprint density at radius 1 is 1.32 bits per heavy atom. The Hall–Kier alpha value is -0.380. The summed E-state index contributed by atoms with van der Waals surface area (Å²) >= 11 is 3.61. The lowest BCUT2D eigenvalue weighted by Crippen LogP contribution is -2.32. The topological polar surface area (TPSA) is 21.3 Å². The van der Waals surface area contributed by atoms with Gasteiger partial charge in [0.1, 0.15) is 0 Å². The Morgan fingerprint density at radius 2 is 2.05 bits per heavy atom. The molecule has 0 saturated carbocycles. The van der Waals surface area contributed by atoms with E-state index in [2.05, 4.69) is 61.1 Å². The maximum absolute atomic E-state index is 6.08. The minimum Gasteiger partial charge on any atom is -0.373 e. The first kappa shape index (κ1) is 15.0. The largest absolute Gasteiger partial charge is 0.373 e. The van der Waals surface area contributed by atoms with Gasteiger partial charge in [0.25, 0.3) is 0 Å². The highest BCUT2D eigenvalue weighted by atomic mass is 79.9. The fraction of sp³-hybridized carbons (Fsp3) is 0.625. The molecule has 2 nitrogen and oxygen atoms in total. The van der Waals surface area contributed by atoms with Crippen molar-refractivity contribution in [3.63, 3.8) is 0 Å². The lowest BCUT2D eigenvalue weighted by atomic mass is 9.93. The highest BCUT2D eigenvalue weighted by Gasteiger charge is 2.31. The van der Waals surface area contributed by atoms with Crippen LogP contribution in [-0.4, -0.2) is 18.8 Å². The Kier molecular flexibility index (Phi) is 5.04. The molecule has 1 heterocycles. The van der Waals surface area contributed by atoms with E-state index in [4.69, 9.17) is 4.74 Å². The van der Waals surface area contributed by atoms with Crippen LogP contribution in [0.3, 0.4) is 0 Å². The highest BCUT2D eigenvalue weighted by Crippen LogP contribution is 2.33. The molecule has 1 aliphatic heterocycles. The van der Waals surface area contributed by atoms with Crippen LogP contribution < -0.4 is 5.32 Å². The van der Waals surface area contributed by atoms with Crippen molar-refractivity contribution in [2.45, 2.75) is 58.8 Å². The molecule has 1 aromatic carbocycles. The zero-order valence-electron chi connectivity index (χ0n) is 12.3. The molecule has 0 radical (unpaired) electrons. The summed E-state index contributed by atoms with van der Waals surface area (Å²) in [6.45, 7) is 9.62. The fourth-order valence-electron chi connectivity index (χ4n) is 2.88. The lowest BCUT2D eigenvalue weighted by Gasteiger charge is -2.27. The predicted molar refractivity (Wildman–Crippen MR) is 83.6 cm³/mol. The molecule has 0 aliphatic carbocycles. The van der Waals surface area contributed by atoms with Crippen molar-refractivity contribution in [1.29, 1.82) is 0 Å². The Balaban J connectivity index is 2.30. The maximum atomic E-state index is 6.08. The first-order valence-electron chi connectivity index (χ1n) is 7.18. The van der Waals surface area contributed by atoms with Crippen LogP contribution in [0, 0.1) is 13.8 Å². The minimum absolute atomic E-state index is 0.300. The van der Waals surface area contributed by atoms with Crippen LogP contribution in [0.25, 0.3) is 0 Å². The normalized spacial score (nSPS) is 24.7. The number of halogens is 1. The predicted octanol–water partition coefficient (Wildman–Crippen LogP) is 4.28. The van der Waals surface area contributed by atoms with E-state index in [0.717, 1.165) is 13.0 Å². The maximum Gasteiger partial charge on any atom is 0.0774 e. The second-order valence-corrected chi connectivity index (χ2v) is 6.41. The summed E-state index contributed by atoms with van der Waals surface area (Å²) in [5, 5.41) is 3.61. The smallest absolute Gasteiger partial charge is 0.0774 e. The van der Waals surface area contributed by atoms with Gasteiger partial charge >= 0.3 is 0 Å². The van der Waals surface area contributed by atoms with Crippen LogP contribution in [0.15, 0.2) is 16.6 Å². The van der Waals surface area contributed by atoms with Crippen LogP contribution in [0.5, 0.6) is 0 Å². The van der Waals surface area contributed by atoms with Gasteiger partial charge in [-0.05, 0) is 62.9 Å². The number of ether oxygens (including phenoxy) is 1. The van der Waals surface area contributed by atoms with Gasteiger partial charge in [0.2, 0.25) is 0 Å². The summed E-state index contributed by atoms with van der Waals surface area (Å²) in [6.07, 6.45) is 3.01. The number of nitrogens with one attached hydrogen (secondary N) is 1. The van der Waals surface area contributed by atoms with E-state index in [9.17, 15) is 0 Å². The molecule has 1 saturated heterocycles. The summed E-state index contributed by atoms with van der Waals surface area (Å²) in [7, 11) is 0. The molecular weight excluding hydrogens is 302 g/mol. The molecule has 19 heavy (non-hydrogen) atoms. The summed E-state index contributed by atoms with van der Waals surface area (Å²) in [5.41, 5.74) is 3.99.